The van der Waals surface area contributed by atoms with Gasteiger partial charge in [-0.25, -0.2) is 8.42 Å². The Labute approximate surface area is 124 Å². The molecule has 2 aromatic rings. The Morgan fingerprint density at radius 3 is 2.20 bits per heavy atom. The van der Waals surface area contributed by atoms with Gasteiger partial charge in [0.2, 0.25) is 0 Å². The van der Waals surface area contributed by atoms with Crippen molar-refractivity contribution in [2.75, 3.05) is 6.26 Å². The number of rotatable bonds is 3. The van der Waals surface area contributed by atoms with Crippen LogP contribution in [-0.4, -0.2) is 24.5 Å². The molecular weight excluding hydrogens is 296 g/mol. The molecule has 0 aliphatic carbocycles. The molecule has 2 aromatic carbocycles. The maximum atomic E-state index is 11.9. The van der Waals surface area contributed by atoms with Gasteiger partial charge < -0.3 is 5.11 Å². The van der Waals surface area contributed by atoms with E-state index in [1.807, 2.05) is 24.3 Å². The number of hydrogen-bond acceptors (Lipinski definition) is 3. The molecule has 0 aliphatic heterocycles. The second-order valence-corrected chi connectivity index (χ2v) is 8.46. The molecular formula is C15H17ClO3S. The van der Waals surface area contributed by atoms with Crippen LogP contribution in [0.2, 0.25) is 5.02 Å². The molecule has 5 heteroatoms. The molecule has 0 bridgehead atoms. The van der Waals surface area contributed by atoms with Crippen LogP contribution in [0.1, 0.15) is 25.5 Å². The van der Waals surface area contributed by atoms with Crippen molar-refractivity contribution >= 4 is 32.2 Å². The maximum Gasteiger partial charge on any atom is 0.155 e. The molecule has 1 unspecified atom stereocenters. The van der Waals surface area contributed by atoms with Crippen LogP contribution < -0.4 is 0 Å². The zero-order valence-corrected chi connectivity index (χ0v) is 13.2. The summed E-state index contributed by atoms with van der Waals surface area (Å²) in [6, 6.07) is 10.7. The van der Waals surface area contributed by atoms with Crippen molar-refractivity contribution in [1.82, 2.24) is 0 Å². The molecule has 0 saturated carbocycles. The molecule has 0 fully saturated rings. The summed E-state index contributed by atoms with van der Waals surface area (Å²) in [5, 5.41) is 12.7. The first-order chi connectivity index (χ1) is 9.16. The molecule has 0 saturated heterocycles. The summed E-state index contributed by atoms with van der Waals surface area (Å²) in [5.41, 5.74) is 0.570. The molecule has 0 spiro atoms. The summed E-state index contributed by atoms with van der Waals surface area (Å²) < 4.78 is 22.5. The van der Waals surface area contributed by atoms with Gasteiger partial charge in [-0.1, -0.05) is 41.9 Å². The van der Waals surface area contributed by atoms with E-state index in [2.05, 4.69) is 0 Å². The van der Waals surface area contributed by atoms with Gasteiger partial charge in [0.25, 0.3) is 0 Å². The fourth-order valence-electron chi connectivity index (χ4n) is 2.10. The first kappa shape index (κ1) is 15.3. The SMILES string of the molecule is CC(C)(C(O)c1ccc(Cl)c2ccccc12)S(C)(=O)=O. The first-order valence-corrected chi connectivity index (χ1v) is 8.48. The van der Waals surface area contributed by atoms with Crippen LogP contribution in [0.25, 0.3) is 10.8 Å². The average molecular weight is 313 g/mol. The van der Waals surface area contributed by atoms with Gasteiger partial charge in [0.05, 0.1) is 10.9 Å². The van der Waals surface area contributed by atoms with Crippen molar-refractivity contribution in [2.45, 2.75) is 24.7 Å². The summed E-state index contributed by atoms with van der Waals surface area (Å²) >= 11 is 6.14. The molecule has 0 heterocycles. The summed E-state index contributed by atoms with van der Waals surface area (Å²) in [6.07, 6.45) is 0.00795. The number of benzene rings is 2. The largest absolute Gasteiger partial charge is 0.387 e. The third-order valence-electron chi connectivity index (χ3n) is 3.81. The van der Waals surface area contributed by atoms with Crippen molar-refractivity contribution in [3.8, 4) is 0 Å². The van der Waals surface area contributed by atoms with Gasteiger partial charge in [0, 0.05) is 16.7 Å². The Bertz CT molecular complexity index is 751. The van der Waals surface area contributed by atoms with Crippen LogP contribution >= 0.6 is 11.6 Å². The van der Waals surface area contributed by atoms with E-state index < -0.39 is 20.7 Å². The average Bonchev–Trinajstić information content (AvgIpc) is 2.37. The van der Waals surface area contributed by atoms with Crippen molar-refractivity contribution in [3.05, 3.63) is 47.0 Å². The topological polar surface area (TPSA) is 54.4 Å². The normalized spacial score (nSPS) is 14.4. The molecule has 2 rings (SSSR count). The van der Waals surface area contributed by atoms with E-state index in [0.29, 0.717) is 10.6 Å². The number of fused-ring (bicyclic) bond motifs is 1. The Morgan fingerprint density at radius 2 is 1.65 bits per heavy atom. The number of hydrogen-bond donors (Lipinski definition) is 1. The van der Waals surface area contributed by atoms with Gasteiger partial charge in [-0.05, 0) is 30.9 Å². The smallest absolute Gasteiger partial charge is 0.155 e. The van der Waals surface area contributed by atoms with Gasteiger partial charge in [-0.3, -0.25) is 0 Å². The number of sulfone groups is 1. The first-order valence-electron chi connectivity index (χ1n) is 6.21. The third-order valence-corrected chi connectivity index (χ3v) is 6.28. The minimum atomic E-state index is -3.41. The molecule has 0 aromatic heterocycles. The number of aliphatic hydroxyl groups excluding tert-OH is 1. The monoisotopic (exact) mass is 312 g/mol. The number of aliphatic hydroxyl groups is 1. The Kier molecular flexibility index (Phi) is 3.84. The predicted molar refractivity (Wildman–Crippen MR) is 82.8 cm³/mol. The number of halogens is 1. The molecule has 0 amide bonds. The molecule has 3 nitrogen and oxygen atoms in total. The maximum absolute atomic E-state index is 11.9. The molecule has 108 valence electrons. The quantitative estimate of drug-likeness (QED) is 0.945. The lowest BCUT2D eigenvalue weighted by Gasteiger charge is -2.29. The predicted octanol–water partition coefficient (Wildman–Crippen LogP) is 3.35. The lowest BCUT2D eigenvalue weighted by atomic mass is 9.93. The van der Waals surface area contributed by atoms with E-state index >= 15 is 0 Å². The fourth-order valence-corrected chi connectivity index (χ4v) is 2.86. The summed E-state index contributed by atoms with van der Waals surface area (Å²) in [5.74, 6) is 0. The minimum absolute atomic E-state index is 0.570. The van der Waals surface area contributed by atoms with Crippen LogP contribution in [0.3, 0.4) is 0 Å². The molecule has 1 N–H and O–H groups in total. The highest BCUT2D eigenvalue weighted by Gasteiger charge is 2.39. The Balaban J connectivity index is 2.68. The van der Waals surface area contributed by atoms with Gasteiger partial charge in [0.15, 0.2) is 9.84 Å². The lowest BCUT2D eigenvalue weighted by Crippen LogP contribution is -2.37. The van der Waals surface area contributed by atoms with Gasteiger partial charge in [-0.15, -0.1) is 0 Å². The van der Waals surface area contributed by atoms with Crippen molar-refractivity contribution in [3.63, 3.8) is 0 Å². The van der Waals surface area contributed by atoms with E-state index in [4.69, 9.17) is 11.6 Å². The highest BCUT2D eigenvalue weighted by molar-refractivity contribution is 7.92. The van der Waals surface area contributed by atoms with Gasteiger partial charge in [0.1, 0.15) is 0 Å². The van der Waals surface area contributed by atoms with Gasteiger partial charge >= 0.3 is 0 Å². The minimum Gasteiger partial charge on any atom is -0.387 e. The summed E-state index contributed by atoms with van der Waals surface area (Å²) in [6.45, 7) is 3.05. The zero-order chi connectivity index (χ0) is 15.1. The lowest BCUT2D eigenvalue weighted by molar-refractivity contribution is 0.141. The van der Waals surface area contributed by atoms with Crippen molar-refractivity contribution in [1.29, 1.82) is 0 Å². The fraction of sp³-hybridized carbons (Fsp3) is 0.333. The molecule has 0 aliphatic rings. The van der Waals surface area contributed by atoms with Crippen LogP contribution in [0.5, 0.6) is 0 Å². The van der Waals surface area contributed by atoms with E-state index in [1.54, 1.807) is 12.1 Å². The highest BCUT2D eigenvalue weighted by Crippen LogP contribution is 2.37. The van der Waals surface area contributed by atoms with Crippen molar-refractivity contribution < 1.29 is 13.5 Å². The summed E-state index contributed by atoms with van der Waals surface area (Å²) in [7, 11) is -3.41. The Hall–Kier alpha value is -1.10. The Morgan fingerprint density at radius 1 is 1.10 bits per heavy atom. The standard InChI is InChI=1S/C15H17ClO3S/c1-15(2,20(3,18)19)14(17)12-8-9-13(16)11-7-5-4-6-10(11)12/h4-9,14,17H,1-3H3. The molecule has 0 radical (unpaired) electrons. The van der Waals surface area contributed by atoms with Crippen molar-refractivity contribution in [2.24, 2.45) is 0 Å². The third kappa shape index (κ3) is 2.43. The molecule has 20 heavy (non-hydrogen) atoms. The van der Waals surface area contributed by atoms with E-state index in [9.17, 15) is 13.5 Å². The van der Waals surface area contributed by atoms with E-state index in [-0.39, 0.29) is 0 Å². The van der Waals surface area contributed by atoms with Crippen LogP contribution in [0, 0.1) is 0 Å². The van der Waals surface area contributed by atoms with Crippen LogP contribution in [-0.2, 0) is 9.84 Å². The highest BCUT2D eigenvalue weighted by atomic mass is 35.5. The van der Waals surface area contributed by atoms with E-state index in [0.717, 1.165) is 17.0 Å². The molecule has 1 atom stereocenters. The zero-order valence-electron chi connectivity index (χ0n) is 11.6. The van der Waals surface area contributed by atoms with Crippen LogP contribution in [0.15, 0.2) is 36.4 Å². The second kappa shape index (κ2) is 5.02. The second-order valence-electron chi connectivity index (χ2n) is 5.46. The summed E-state index contributed by atoms with van der Waals surface area (Å²) in [4.78, 5) is 0. The van der Waals surface area contributed by atoms with Gasteiger partial charge in [-0.2, -0.15) is 0 Å². The van der Waals surface area contributed by atoms with E-state index in [1.165, 1.54) is 13.8 Å². The van der Waals surface area contributed by atoms with Crippen LogP contribution in [0.4, 0.5) is 0 Å².